The summed E-state index contributed by atoms with van der Waals surface area (Å²) in [5.74, 6) is 2.22. The molecule has 0 spiro atoms. The van der Waals surface area contributed by atoms with Gasteiger partial charge < -0.3 is 8.83 Å². The van der Waals surface area contributed by atoms with Crippen LogP contribution in [-0.4, -0.2) is 41.2 Å². The molecule has 132 valence electrons. The lowest BCUT2D eigenvalue weighted by Gasteiger charge is -2.31. The van der Waals surface area contributed by atoms with E-state index in [-0.39, 0.29) is 11.9 Å². The molecule has 2 aromatic rings. The maximum absolute atomic E-state index is 12.9. The molecule has 2 aliphatic heterocycles. The van der Waals surface area contributed by atoms with Gasteiger partial charge >= 0.3 is 0 Å². The average Bonchev–Trinajstić information content (AvgIpc) is 3.36. The zero-order valence-corrected chi connectivity index (χ0v) is 14.4. The van der Waals surface area contributed by atoms with Gasteiger partial charge in [-0.2, -0.15) is 5.10 Å². The third-order valence-corrected chi connectivity index (χ3v) is 5.08. The van der Waals surface area contributed by atoms with Crippen LogP contribution in [0.1, 0.15) is 43.7 Å². The number of rotatable bonds is 4. The summed E-state index contributed by atoms with van der Waals surface area (Å²) in [5, 5.41) is 6.15. The Kier molecular flexibility index (Phi) is 4.44. The van der Waals surface area contributed by atoms with Crippen molar-refractivity contribution in [2.24, 2.45) is 11.0 Å². The summed E-state index contributed by atoms with van der Waals surface area (Å²) < 4.78 is 11.0. The highest BCUT2D eigenvalue weighted by atomic mass is 16.3. The summed E-state index contributed by atoms with van der Waals surface area (Å²) in [4.78, 5) is 15.1. The molecule has 2 aromatic heterocycles. The predicted octanol–water partition coefficient (Wildman–Crippen LogP) is 3.28. The summed E-state index contributed by atoms with van der Waals surface area (Å²) >= 11 is 0. The lowest BCUT2D eigenvalue weighted by atomic mass is 9.99. The Balaban J connectivity index is 1.52. The Hall–Kier alpha value is -2.34. The molecule has 6 nitrogen and oxygen atoms in total. The van der Waals surface area contributed by atoms with Gasteiger partial charge in [-0.15, -0.1) is 0 Å². The van der Waals surface area contributed by atoms with Gasteiger partial charge in [-0.05, 0) is 56.1 Å². The van der Waals surface area contributed by atoms with Gasteiger partial charge in [0.25, 0.3) is 5.91 Å². The lowest BCUT2D eigenvalue weighted by Crippen LogP contribution is -2.41. The normalized spacial score (nSPS) is 22.4. The van der Waals surface area contributed by atoms with Crippen molar-refractivity contribution in [3.8, 4) is 0 Å². The molecule has 2 aliphatic rings. The van der Waals surface area contributed by atoms with E-state index >= 15 is 0 Å². The van der Waals surface area contributed by atoms with Crippen LogP contribution < -0.4 is 0 Å². The number of furan rings is 2. The molecule has 0 saturated carbocycles. The molecular formula is C19H23N3O3. The molecule has 0 bridgehead atoms. The second kappa shape index (κ2) is 6.88. The second-order valence-electron chi connectivity index (χ2n) is 6.96. The number of hydrazone groups is 1. The van der Waals surface area contributed by atoms with Gasteiger partial charge in [-0.3, -0.25) is 9.69 Å². The summed E-state index contributed by atoms with van der Waals surface area (Å²) in [6.45, 7) is 4.62. The van der Waals surface area contributed by atoms with Crippen molar-refractivity contribution < 1.29 is 13.6 Å². The minimum atomic E-state index is -0.202. The topological polar surface area (TPSA) is 62.2 Å². The van der Waals surface area contributed by atoms with Crippen LogP contribution in [-0.2, 0) is 4.79 Å². The molecule has 0 radical (unpaired) electrons. The van der Waals surface area contributed by atoms with Gasteiger partial charge in [0, 0.05) is 6.42 Å². The molecule has 25 heavy (non-hydrogen) atoms. The largest absolute Gasteiger partial charge is 0.467 e. The van der Waals surface area contributed by atoms with Crippen molar-refractivity contribution in [2.45, 2.75) is 32.2 Å². The van der Waals surface area contributed by atoms with Gasteiger partial charge in [-0.1, -0.05) is 6.92 Å². The van der Waals surface area contributed by atoms with Crippen molar-refractivity contribution in [3.63, 3.8) is 0 Å². The fourth-order valence-corrected chi connectivity index (χ4v) is 3.52. The van der Waals surface area contributed by atoms with Crippen molar-refractivity contribution in [2.75, 3.05) is 19.6 Å². The van der Waals surface area contributed by atoms with E-state index in [2.05, 4.69) is 16.9 Å². The van der Waals surface area contributed by atoms with Gasteiger partial charge in [-0.25, -0.2) is 5.01 Å². The molecular weight excluding hydrogens is 318 g/mol. The molecule has 1 saturated heterocycles. The number of carbonyl (C=O) groups excluding carboxylic acids is 1. The van der Waals surface area contributed by atoms with Crippen molar-refractivity contribution in [3.05, 3.63) is 48.3 Å². The first-order chi connectivity index (χ1) is 12.2. The van der Waals surface area contributed by atoms with Crippen LogP contribution >= 0.6 is 0 Å². The predicted molar refractivity (Wildman–Crippen MR) is 93.0 cm³/mol. The van der Waals surface area contributed by atoms with Crippen molar-refractivity contribution >= 4 is 11.6 Å². The molecule has 0 aromatic carbocycles. The summed E-state index contributed by atoms with van der Waals surface area (Å²) in [6, 6.07) is 7.24. The van der Waals surface area contributed by atoms with E-state index in [1.54, 1.807) is 17.5 Å². The Morgan fingerprint density at radius 2 is 1.96 bits per heavy atom. The lowest BCUT2D eigenvalue weighted by molar-refractivity contribution is -0.134. The molecule has 1 atom stereocenters. The van der Waals surface area contributed by atoms with E-state index in [0.717, 1.165) is 43.3 Å². The van der Waals surface area contributed by atoms with Crippen LogP contribution in [0.5, 0.6) is 0 Å². The second-order valence-corrected chi connectivity index (χ2v) is 6.96. The number of nitrogens with zero attached hydrogens (tertiary/aromatic N) is 3. The number of hydrogen-bond acceptors (Lipinski definition) is 5. The Morgan fingerprint density at radius 3 is 2.64 bits per heavy atom. The molecule has 6 heteroatoms. The molecule has 4 heterocycles. The zero-order valence-electron chi connectivity index (χ0n) is 14.4. The fourth-order valence-electron chi connectivity index (χ4n) is 3.52. The van der Waals surface area contributed by atoms with Gasteiger partial charge in [0.15, 0.2) is 0 Å². The number of carbonyl (C=O) groups is 1. The first kappa shape index (κ1) is 16.1. The summed E-state index contributed by atoms with van der Waals surface area (Å²) in [7, 11) is 0. The van der Waals surface area contributed by atoms with E-state index in [9.17, 15) is 4.79 Å². The van der Waals surface area contributed by atoms with Crippen LogP contribution in [0.15, 0.2) is 50.7 Å². The minimum Gasteiger partial charge on any atom is -0.467 e. The Bertz CT molecular complexity index is 728. The van der Waals surface area contributed by atoms with Crippen LogP contribution in [0, 0.1) is 5.92 Å². The third-order valence-electron chi connectivity index (χ3n) is 5.08. The number of likely N-dealkylation sites (tertiary alicyclic amines) is 1. The van der Waals surface area contributed by atoms with Crippen LogP contribution in [0.2, 0.25) is 0 Å². The van der Waals surface area contributed by atoms with E-state index in [0.29, 0.717) is 18.7 Å². The van der Waals surface area contributed by atoms with Crippen LogP contribution in [0.25, 0.3) is 0 Å². The van der Waals surface area contributed by atoms with Gasteiger partial charge in [0.05, 0.1) is 19.1 Å². The molecule has 0 N–H and O–H groups in total. The van der Waals surface area contributed by atoms with Crippen molar-refractivity contribution in [1.82, 2.24) is 9.91 Å². The summed E-state index contributed by atoms with van der Waals surface area (Å²) in [5.41, 5.74) is 0.784. The number of amides is 1. The average molecular weight is 341 g/mol. The monoisotopic (exact) mass is 341 g/mol. The quantitative estimate of drug-likeness (QED) is 0.856. The van der Waals surface area contributed by atoms with E-state index in [4.69, 9.17) is 8.83 Å². The van der Waals surface area contributed by atoms with Crippen molar-refractivity contribution in [1.29, 1.82) is 0 Å². The summed E-state index contributed by atoms with van der Waals surface area (Å²) in [6.07, 6.45) is 6.16. The first-order valence-electron chi connectivity index (χ1n) is 8.90. The fraction of sp³-hybridized carbons (Fsp3) is 0.474. The van der Waals surface area contributed by atoms with Gasteiger partial charge in [0.2, 0.25) is 0 Å². The van der Waals surface area contributed by atoms with Gasteiger partial charge in [0.1, 0.15) is 23.3 Å². The maximum Gasteiger partial charge on any atom is 0.257 e. The first-order valence-corrected chi connectivity index (χ1v) is 8.90. The highest BCUT2D eigenvalue weighted by Crippen LogP contribution is 2.33. The third kappa shape index (κ3) is 3.39. The minimum absolute atomic E-state index is 0.0116. The SMILES string of the molecule is CC1CCN(CC(=O)N2N=C(c3ccco3)CC2c2ccco2)CC1. The van der Waals surface area contributed by atoms with E-state index in [1.165, 1.54) is 0 Å². The standard InChI is InChI=1S/C19H23N3O3/c1-14-6-8-21(9-7-14)13-19(23)22-16(18-5-3-11-25-18)12-15(20-22)17-4-2-10-24-17/h2-5,10-11,14,16H,6-9,12-13H2,1H3. The number of piperidine rings is 1. The Morgan fingerprint density at radius 1 is 1.20 bits per heavy atom. The highest BCUT2D eigenvalue weighted by molar-refractivity contribution is 6.01. The van der Waals surface area contributed by atoms with Crippen LogP contribution in [0.3, 0.4) is 0 Å². The molecule has 1 amide bonds. The zero-order chi connectivity index (χ0) is 17.2. The number of hydrogen-bond donors (Lipinski definition) is 0. The smallest absolute Gasteiger partial charge is 0.257 e. The molecule has 1 fully saturated rings. The van der Waals surface area contributed by atoms with E-state index < -0.39 is 0 Å². The molecule has 1 unspecified atom stereocenters. The van der Waals surface area contributed by atoms with E-state index in [1.807, 2.05) is 24.3 Å². The maximum atomic E-state index is 12.9. The molecule has 0 aliphatic carbocycles. The van der Waals surface area contributed by atoms with Crippen LogP contribution in [0.4, 0.5) is 0 Å². The molecule has 4 rings (SSSR count). The Labute approximate surface area is 147 Å². The highest BCUT2D eigenvalue weighted by Gasteiger charge is 2.36.